The van der Waals surface area contributed by atoms with Crippen molar-refractivity contribution in [1.29, 1.82) is 0 Å². The first kappa shape index (κ1) is 24.0. The van der Waals surface area contributed by atoms with E-state index in [1.54, 1.807) is 25.1 Å². The first-order valence-corrected chi connectivity index (χ1v) is 9.99. The number of aromatic hydroxyl groups is 1. The third-order valence-corrected chi connectivity index (χ3v) is 4.36. The fourth-order valence-electron chi connectivity index (χ4n) is 2.63. The van der Waals surface area contributed by atoms with Crippen molar-refractivity contribution in [3.63, 3.8) is 0 Å². The van der Waals surface area contributed by atoms with Gasteiger partial charge in [0, 0.05) is 6.42 Å². The number of ether oxygens (including phenoxy) is 2. The summed E-state index contributed by atoms with van der Waals surface area (Å²) in [7, 11) is 2.03. The van der Waals surface area contributed by atoms with Gasteiger partial charge in [0.05, 0.1) is 16.1 Å². The Morgan fingerprint density at radius 1 is 1.06 bits per heavy atom. The Bertz CT molecular complexity index is 893. The third-order valence-electron chi connectivity index (χ3n) is 4.10. The van der Waals surface area contributed by atoms with Gasteiger partial charge in [0.2, 0.25) is 5.91 Å². The van der Waals surface area contributed by atoms with E-state index < -0.39 is 24.0 Å². The maximum atomic E-state index is 12.2. The van der Waals surface area contributed by atoms with Crippen LogP contribution in [0.25, 0.3) is 0 Å². The average Bonchev–Trinajstić information content (AvgIpc) is 2.77. The van der Waals surface area contributed by atoms with Crippen LogP contribution in [-0.4, -0.2) is 42.3 Å². The van der Waals surface area contributed by atoms with E-state index in [2.05, 4.69) is 10.6 Å². The van der Waals surface area contributed by atoms with Crippen molar-refractivity contribution in [3.05, 3.63) is 59.7 Å². The van der Waals surface area contributed by atoms with Crippen LogP contribution >= 0.6 is 9.47 Å². The highest BCUT2D eigenvalue weighted by Crippen LogP contribution is 2.28. The number of hydrogen-bond donors (Lipinski definition) is 3. The van der Waals surface area contributed by atoms with Gasteiger partial charge in [-0.15, -0.1) is 0 Å². The summed E-state index contributed by atoms with van der Waals surface area (Å²) in [5.41, 5.74) is 1.39. The summed E-state index contributed by atoms with van der Waals surface area (Å²) in [6, 6.07) is 12.7. The summed E-state index contributed by atoms with van der Waals surface area (Å²) >= 11 is 0. The van der Waals surface area contributed by atoms with Crippen molar-refractivity contribution in [2.24, 2.45) is 0 Å². The third kappa shape index (κ3) is 8.14. The van der Waals surface area contributed by atoms with Crippen molar-refractivity contribution in [1.82, 2.24) is 10.6 Å². The molecule has 2 aromatic carbocycles. The predicted molar refractivity (Wildman–Crippen MR) is 115 cm³/mol. The average molecular weight is 448 g/mol. The van der Waals surface area contributed by atoms with E-state index >= 15 is 0 Å². The summed E-state index contributed by atoms with van der Waals surface area (Å²) in [6.07, 6.45) is -0.682. The number of amides is 2. The first-order valence-electron chi connectivity index (χ1n) is 9.52. The lowest BCUT2D eigenvalue weighted by molar-refractivity contribution is -0.147. The number of nitrogens with one attached hydrogen (secondary N) is 2. The van der Waals surface area contributed by atoms with E-state index in [9.17, 15) is 19.5 Å². The fraction of sp³-hybridized carbons (Fsp3) is 0.286. The summed E-state index contributed by atoms with van der Waals surface area (Å²) in [5.74, 6) is -1.08. The van der Waals surface area contributed by atoms with Crippen LogP contribution in [0.1, 0.15) is 18.1 Å². The Balaban J connectivity index is 1.89. The van der Waals surface area contributed by atoms with Gasteiger partial charge in [-0.3, -0.25) is 4.79 Å². The van der Waals surface area contributed by atoms with Gasteiger partial charge in [-0.1, -0.05) is 36.4 Å². The Morgan fingerprint density at radius 3 is 2.45 bits per heavy atom. The number of carbonyl (C=O) groups excluding carboxylic acids is 3. The molecule has 0 spiro atoms. The summed E-state index contributed by atoms with van der Waals surface area (Å²) in [6.45, 7) is 1.48. The van der Waals surface area contributed by atoms with E-state index in [1.165, 1.54) is 12.1 Å². The van der Waals surface area contributed by atoms with Gasteiger partial charge in [-0.25, -0.2) is 9.59 Å². The highest BCUT2D eigenvalue weighted by atomic mass is 31.0. The minimum atomic E-state index is -1.00. The first-order chi connectivity index (χ1) is 14.9. The minimum absolute atomic E-state index is 0.0687. The molecule has 0 aliphatic rings. The Hall–Kier alpha value is -3.32. The molecule has 1 unspecified atom stereocenters. The molecule has 0 radical (unpaired) electrons. The standard InChI is InChI=1S/C21H25N2O7P/c1-2-28-20(26)16(10-15-8-9-18(30-31)17(24)11-15)23-19(25)12-22-21(27)29-13-14-6-4-3-5-7-14/h3-9,11,16,24H,2,10,12-13,31H2,1H3,(H,22,27)(H,23,25)/t16-/m0/s1. The van der Waals surface area contributed by atoms with Gasteiger partial charge in [-0.2, -0.15) is 0 Å². The molecule has 2 amide bonds. The molecule has 0 saturated carbocycles. The second-order valence-corrected chi connectivity index (χ2v) is 6.65. The molecule has 0 heterocycles. The van der Waals surface area contributed by atoms with E-state index in [-0.39, 0.29) is 37.7 Å². The molecule has 0 saturated heterocycles. The molecule has 2 atom stereocenters. The summed E-state index contributed by atoms with van der Waals surface area (Å²) < 4.78 is 15.0. The topological polar surface area (TPSA) is 123 Å². The van der Waals surface area contributed by atoms with Crippen LogP contribution in [-0.2, 0) is 32.1 Å². The quantitative estimate of drug-likeness (QED) is 0.376. The Morgan fingerprint density at radius 2 is 1.81 bits per heavy atom. The number of alkyl carbamates (subject to hydrolysis) is 1. The fourth-order valence-corrected chi connectivity index (χ4v) is 2.83. The maximum absolute atomic E-state index is 12.2. The molecule has 0 aliphatic heterocycles. The highest BCUT2D eigenvalue weighted by Gasteiger charge is 2.23. The molecule has 9 nitrogen and oxygen atoms in total. The smallest absolute Gasteiger partial charge is 0.407 e. The maximum Gasteiger partial charge on any atom is 0.407 e. The summed E-state index contributed by atoms with van der Waals surface area (Å²) in [5, 5.41) is 14.8. The molecule has 10 heteroatoms. The number of esters is 1. The second-order valence-electron chi connectivity index (χ2n) is 6.41. The number of carbonyl (C=O) groups is 3. The number of phenolic OH excluding ortho intramolecular Hbond substituents is 1. The van der Waals surface area contributed by atoms with Gasteiger partial charge in [0.25, 0.3) is 0 Å². The van der Waals surface area contributed by atoms with Crippen LogP contribution in [0.4, 0.5) is 4.79 Å². The minimum Gasteiger partial charge on any atom is -0.504 e. The van der Waals surface area contributed by atoms with E-state index in [1.807, 2.05) is 27.7 Å². The van der Waals surface area contributed by atoms with Gasteiger partial charge in [-0.05, 0) is 30.2 Å². The highest BCUT2D eigenvalue weighted by molar-refractivity contribution is 7.10. The molecule has 2 rings (SSSR count). The van der Waals surface area contributed by atoms with Gasteiger partial charge in [0.15, 0.2) is 11.5 Å². The number of rotatable bonds is 10. The molecule has 0 aromatic heterocycles. The number of benzene rings is 2. The molecule has 2 aromatic rings. The lowest BCUT2D eigenvalue weighted by Gasteiger charge is -2.18. The van der Waals surface area contributed by atoms with Crippen molar-refractivity contribution in [3.8, 4) is 11.5 Å². The largest absolute Gasteiger partial charge is 0.504 e. The molecule has 0 bridgehead atoms. The van der Waals surface area contributed by atoms with Crippen LogP contribution in [0, 0.1) is 0 Å². The van der Waals surface area contributed by atoms with Crippen molar-refractivity contribution in [2.45, 2.75) is 26.0 Å². The summed E-state index contributed by atoms with van der Waals surface area (Å²) in [4.78, 5) is 36.3. The van der Waals surface area contributed by atoms with Gasteiger partial charge >= 0.3 is 12.1 Å². The van der Waals surface area contributed by atoms with Crippen molar-refractivity contribution >= 4 is 27.4 Å². The van der Waals surface area contributed by atoms with E-state index in [0.29, 0.717) is 5.56 Å². The van der Waals surface area contributed by atoms with Crippen LogP contribution in [0.2, 0.25) is 0 Å². The van der Waals surface area contributed by atoms with Crippen LogP contribution in [0.15, 0.2) is 48.5 Å². The lowest BCUT2D eigenvalue weighted by Crippen LogP contribution is -2.47. The van der Waals surface area contributed by atoms with Crippen LogP contribution in [0.5, 0.6) is 11.5 Å². The van der Waals surface area contributed by atoms with Gasteiger partial charge < -0.3 is 29.7 Å². The zero-order valence-electron chi connectivity index (χ0n) is 17.0. The zero-order valence-corrected chi connectivity index (χ0v) is 18.2. The second kappa shape index (κ2) is 12.4. The molecule has 31 heavy (non-hydrogen) atoms. The lowest BCUT2D eigenvalue weighted by atomic mass is 10.1. The normalized spacial score (nSPS) is 11.2. The van der Waals surface area contributed by atoms with Crippen LogP contribution < -0.4 is 15.2 Å². The predicted octanol–water partition coefficient (Wildman–Crippen LogP) is 2.08. The van der Waals surface area contributed by atoms with Crippen molar-refractivity contribution in [2.75, 3.05) is 13.2 Å². The van der Waals surface area contributed by atoms with Crippen LogP contribution in [0.3, 0.4) is 0 Å². The zero-order chi connectivity index (χ0) is 22.6. The van der Waals surface area contributed by atoms with Crippen molar-refractivity contribution < 1.29 is 33.5 Å². The molecule has 166 valence electrons. The molecule has 0 aliphatic carbocycles. The molecule has 0 fully saturated rings. The molecular formula is C21H25N2O7P. The van der Waals surface area contributed by atoms with E-state index in [4.69, 9.17) is 14.0 Å². The monoisotopic (exact) mass is 448 g/mol. The Kier molecular flexibility index (Phi) is 9.58. The SMILES string of the molecule is CCOC(=O)[C@H](Cc1ccc(OP)c(O)c1)NC(=O)CNC(=O)OCc1ccccc1. The van der Waals surface area contributed by atoms with Gasteiger partial charge in [0.1, 0.15) is 19.2 Å². The molecule has 3 N–H and O–H groups in total. The van der Waals surface area contributed by atoms with E-state index in [0.717, 1.165) is 5.56 Å². The number of phenols is 1. The Labute approximate surface area is 182 Å². The number of hydrogen-bond acceptors (Lipinski definition) is 7. The molecular weight excluding hydrogens is 423 g/mol.